The number of alkyl halides is 3. The van der Waals surface area contributed by atoms with Gasteiger partial charge in [0.1, 0.15) is 5.56 Å². The first kappa shape index (κ1) is 12.1. The van der Waals surface area contributed by atoms with E-state index in [1.54, 1.807) is 0 Å². The van der Waals surface area contributed by atoms with E-state index in [0.29, 0.717) is 0 Å². The van der Waals surface area contributed by atoms with Crippen LogP contribution in [0.3, 0.4) is 0 Å². The highest BCUT2D eigenvalue weighted by Crippen LogP contribution is 2.38. The van der Waals surface area contributed by atoms with E-state index < -0.39 is 40.0 Å². The molecule has 0 aliphatic heterocycles. The van der Waals surface area contributed by atoms with E-state index in [-0.39, 0.29) is 0 Å². The number of hydrogen-bond donors (Lipinski definition) is 0. The molecule has 1 aromatic carbocycles. The maximum atomic E-state index is 12.6. The molecule has 0 heterocycles. The third kappa shape index (κ3) is 1.88. The van der Waals surface area contributed by atoms with Gasteiger partial charge >= 0.3 is 5.38 Å². The molecule has 0 fully saturated rings. The molecule has 0 radical (unpaired) electrons. The predicted octanol–water partition coefficient (Wildman–Crippen LogP) is 3.67. The maximum absolute atomic E-state index is 12.6. The zero-order chi connectivity index (χ0) is 12.0. The molecule has 0 atom stereocenters. The average molecular weight is 253 g/mol. The van der Waals surface area contributed by atoms with Gasteiger partial charge in [-0.25, -0.2) is 22.0 Å². The highest BCUT2D eigenvalue weighted by atomic mass is 35.5. The maximum Gasteiger partial charge on any atom is 0.354 e. The molecule has 0 aliphatic carbocycles. The smallest absolute Gasteiger partial charge is 0.203 e. The fourth-order valence-electron chi connectivity index (χ4n) is 0.854. The van der Waals surface area contributed by atoms with Crippen molar-refractivity contribution < 1.29 is 30.7 Å². The lowest BCUT2D eigenvalue weighted by atomic mass is 10.1. The summed E-state index contributed by atoms with van der Waals surface area (Å²) in [4.78, 5) is 0. The molecule has 0 nitrogen and oxygen atoms in total. The molecule has 0 amide bonds. The van der Waals surface area contributed by atoms with Crippen LogP contribution in [0.5, 0.6) is 0 Å². The molecule has 1 aromatic rings. The fraction of sp³-hybridized carbons (Fsp3) is 0.143. The van der Waals surface area contributed by atoms with E-state index in [0.717, 1.165) is 0 Å². The van der Waals surface area contributed by atoms with E-state index in [1.807, 2.05) is 0 Å². The second-order valence-corrected chi connectivity index (χ2v) is 2.92. The molecule has 0 bridgehead atoms. The Balaban J connectivity index is 3.68. The quantitative estimate of drug-likeness (QED) is 0.310. The van der Waals surface area contributed by atoms with Crippen molar-refractivity contribution in [3.63, 3.8) is 0 Å². The van der Waals surface area contributed by atoms with Crippen LogP contribution in [-0.4, -0.2) is 0 Å². The fourth-order valence-corrected chi connectivity index (χ4v) is 1.02. The largest absolute Gasteiger partial charge is 0.354 e. The molecule has 8 heteroatoms. The van der Waals surface area contributed by atoms with Crippen LogP contribution >= 0.6 is 11.6 Å². The van der Waals surface area contributed by atoms with Crippen molar-refractivity contribution in [2.24, 2.45) is 0 Å². The Hall–Kier alpha value is -0.980. The standard InChI is InChI=1S/C7ClF7/c8-7(14,15)1-2(9)4(11)6(13)5(12)3(1)10. The van der Waals surface area contributed by atoms with Gasteiger partial charge in [-0.15, -0.1) is 0 Å². The van der Waals surface area contributed by atoms with Gasteiger partial charge in [0.2, 0.25) is 5.82 Å². The summed E-state index contributed by atoms with van der Waals surface area (Å²) < 4.78 is 87.0. The second kappa shape index (κ2) is 3.55. The Morgan fingerprint density at radius 2 is 0.933 bits per heavy atom. The van der Waals surface area contributed by atoms with Crippen molar-refractivity contribution in [2.75, 3.05) is 0 Å². The van der Waals surface area contributed by atoms with Crippen molar-refractivity contribution in [3.05, 3.63) is 34.6 Å². The highest BCUT2D eigenvalue weighted by Gasteiger charge is 2.40. The van der Waals surface area contributed by atoms with Gasteiger partial charge in [-0.05, 0) is 11.6 Å². The minimum absolute atomic E-state index is 2.36. The van der Waals surface area contributed by atoms with Crippen molar-refractivity contribution in [2.45, 2.75) is 5.38 Å². The number of halogens is 8. The number of benzene rings is 1. The van der Waals surface area contributed by atoms with Crippen molar-refractivity contribution in [1.82, 2.24) is 0 Å². The molecule has 0 saturated carbocycles. The minimum atomic E-state index is -4.68. The molecule has 0 aromatic heterocycles. The van der Waals surface area contributed by atoms with Gasteiger partial charge in [-0.3, -0.25) is 0 Å². The summed E-state index contributed by atoms with van der Waals surface area (Å²) in [6, 6.07) is 0. The normalized spacial score (nSPS) is 12.0. The summed E-state index contributed by atoms with van der Waals surface area (Å²) in [7, 11) is 0. The summed E-state index contributed by atoms with van der Waals surface area (Å²) in [6.07, 6.45) is 0. The van der Waals surface area contributed by atoms with Crippen LogP contribution in [0.15, 0.2) is 0 Å². The molecule has 0 aliphatic rings. The van der Waals surface area contributed by atoms with Crippen LogP contribution in [0.1, 0.15) is 5.56 Å². The molecule has 0 saturated heterocycles. The highest BCUT2D eigenvalue weighted by molar-refractivity contribution is 6.21. The monoisotopic (exact) mass is 252 g/mol. The Morgan fingerprint density at radius 1 is 0.667 bits per heavy atom. The van der Waals surface area contributed by atoms with Gasteiger partial charge in [-0.1, -0.05) is 0 Å². The van der Waals surface area contributed by atoms with E-state index in [4.69, 9.17) is 0 Å². The van der Waals surface area contributed by atoms with Crippen LogP contribution in [0, 0.1) is 29.1 Å². The SMILES string of the molecule is Fc1c(F)c(F)c(C(F)(F)Cl)c(F)c1F. The van der Waals surface area contributed by atoms with Gasteiger partial charge < -0.3 is 0 Å². The third-order valence-corrected chi connectivity index (χ3v) is 1.68. The first-order chi connectivity index (χ1) is 6.68. The lowest BCUT2D eigenvalue weighted by Crippen LogP contribution is -2.15. The van der Waals surface area contributed by atoms with Gasteiger partial charge in [0.15, 0.2) is 23.3 Å². The van der Waals surface area contributed by atoms with Gasteiger partial charge in [0.05, 0.1) is 0 Å². The topological polar surface area (TPSA) is 0 Å². The van der Waals surface area contributed by atoms with Crippen molar-refractivity contribution in [3.8, 4) is 0 Å². The summed E-state index contributed by atoms with van der Waals surface area (Å²) >= 11 is 4.20. The zero-order valence-corrected chi connectivity index (χ0v) is 7.28. The molecular formula is C7ClF7. The molecule has 1 rings (SSSR count). The lowest BCUT2D eigenvalue weighted by molar-refractivity contribution is 0.0828. The van der Waals surface area contributed by atoms with Crippen LogP contribution in [0.4, 0.5) is 30.7 Å². The number of rotatable bonds is 1. The average Bonchev–Trinajstić information content (AvgIpc) is 2.09. The Bertz CT molecular complexity index is 380. The molecule has 84 valence electrons. The van der Waals surface area contributed by atoms with Gasteiger partial charge in [-0.2, -0.15) is 8.78 Å². The Kier molecular flexibility index (Phi) is 2.86. The summed E-state index contributed by atoms with van der Waals surface area (Å²) in [6.45, 7) is 0. The van der Waals surface area contributed by atoms with Crippen LogP contribution < -0.4 is 0 Å². The molecule has 0 spiro atoms. The van der Waals surface area contributed by atoms with Crippen molar-refractivity contribution >= 4 is 11.6 Å². The van der Waals surface area contributed by atoms with Gasteiger partial charge in [0, 0.05) is 0 Å². The Labute approximate surface area is 83.3 Å². The first-order valence-electron chi connectivity index (χ1n) is 3.26. The van der Waals surface area contributed by atoms with Crippen LogP contribution in [0.25, 0.3) is 0 Å². The second-order valence-electron chi connectivity index (χ2n) is 2.44. The van der Waals surface area contributed by atoms with Crippen LogP contribution in [-0.2, 0) is 5.38 Å². The first-order valence-corrected chi connectivity index (χ1v) is 3.64. The van der Waals surface area contributed by atoms with Crippen LogP contribution in [0.2, 0.25) is 0 Å². The van der Waals surface area contributed by atoms with E-state index in [9.17, 15) is 30.7 Å². The predicted molar refractivity (Wildman–Crippen MR) is 36.0 cm³/mol. The van der Waals surface area contributed by atoms with Gasteiger partial charge in [0.25, 0.3) is 0 Å². The summed E-state index contributed by atoms with van der Waals surface area (Å²) in [5, 5.41) is -4.68. The van der Waals surface area contributed by atoms with E-state index >= 15 is 0 Å². The molecule has 15 heavy (non-hydrogen) atoms. The molecule has 0 N–H and O–H groups in total. The Morgan fingerprint density at radius 3 is 1.20 bits per heavy atom. The minimum Gasteiger partial charge on any atom is -0.203 e. The zero-order valence-electron chi connectivity index (χ0n) is 6.52. The third-order valence-electron chi connectivity index (χ3n) is 1.49. The number of hydrogen-bond acceptors (Lipinski definition) is 0. The molecule has 0 unspecified atom stereocenters. The summed E-state index contributed by atoms with van der Waals surface area (Å²) in [5.74, 6) is -12.7. The van der Waals surface area contributed by atoms with E-state index in [2.05, 4.69) is 11.6 Å². The van der Waals surface area contributed by atoms with Crippen molar-refractivity contribution in [1.29, 1.82) is 0 Å². The van der Waals surface area contributed by atoms with E-state index in [1.165, 1.54) is 0 Å². The summed E-state index contributed by atoms with van der Waals surface area (Å²) in [5.41, 5.74) is -2.36. The molecular weight excluding hydrogens is 253 g/mol. The lowest BCUT2D eigenvalue weighted by Gasteiger charge is -2.11.